The van der Waals surface area contributed by atoms with E-state index in [9.17, 15) is 4.79 Å². The largest absolute Gasteiger partial charge is 0.483 e. The first-order valence-corrected chi connectivity index (χ1v) is 8.41. The second-order valence-corrected chi connectivity index (χ2v) is 6.77. The highest BCUT2D eigenvalue weighted by molar-refractivity contribution is 9.10. The SMILES string of the molecule is Cc1ccc(C)c(NC(=O)COc2cc(C)c(Cl)c(C)c2Br)c1. The standard InChI is InChI=1S/C18H19BrClNO2/c1-10-5-6-11(2)14(7-10)21-16(22)9-23-15-8-12(3)18(20)13(4)17(15)19/h5-8H,9H2,1-4H3,(H,21,22). The van der Waals surface area contributed by atoms with Crippen LogP contribution >= 0.6 is 27.5 Å². The molecule has 1 N–H and O–H groups in total. The number of carbonyl (C=O) groups is 1. The highest BCUT2D eigenvalue weighted by atomic mass is 79.9. The molecule has 0 heterocycles. The maximum absolute atomic E-state index is 12.1. The summed E-state index contributed by atoms with van der Waals surface area (Å²) in [4.78, 5) is 12.1. The van der Waals surface area contributed by atoms with Crippen LogP contribution in [0.25, 0.3) is 0 Å². The summed E-state index contributed by atoms with van der Waals surface area (Å²) in [6.07, 6.45) is 0. The molecule has 2 aromatic carbocycles. The average molecular weight is 397 g/mol. The number of ether oxygens (including phenoxy) is 1. The van der Waals surface area contributed by atoms with Gasteiger partial charge in [0.2, 0.25) is 0 Å². The zero-order chi connectivity index (χ0) is 17.1. The lowest BCUT2D eigenvalue weighted by atomic mass is 10.1. The van der Waals surface area contributed by atoms with Gasteiger partial charge in [-0.2, -0.15) is 0 Å². The van der Waals surface area contributed by atoms with Crippen LogP contribution in [0.4, 0.5) is 5.69 Å². The molecule has 1 amide bonds. The van der Waals surface area contributed by atoms with Gasteiger partial charge in [0.1, 0.15) is 5.75 Å². The fraction of sp³-hybridized carbons (Fsp3) is 0.278. The predicted octanol–water partition coefficient (Wildman–Crippen LogP) is 5.35. The summed E-state index contributed by atoms with van der Waals surface area (Å²) >= 11 is 9.65. The van der Waals surface area contributed by atoms with Crippen LogP contribution in [-0.2, 0) is 4.79 Å². The lowest BCUT2D eigenvalue weighted by molar-refractivity contribution is -0.118. The number of anilines is 1. The third kappa shape index (κ3) is 4.27. The third-order valence-electron chi connectivity index (χ3n) is 3.59. The van der Waals surface area contributed by atoms with E-state index in [4.69, 9.17) is 16.3 Å². The van der Waals surface area contributed by atoms with E-state index in [0.717, 1.165) is 32.4 Å². The van der Waals surface area contributed by atoms with Crippen molar-refractivity contribution in [3.8, 4) is 5.75 Å². The maximum Gasteiger partial charge on any atom is 0.262 e. The second-order valence-electron chi connectivity index (χ2n) is 5.60. The highest BCUT2D eigenvalue weighted by Crippen LogP contribution is 2.35. The van der Waals surface area contributed by atoms with Gasteiger partial charge >= 0.3 is 0 Å². The molecule has 0 spiro atoms. The van der Waals surface area contributed by atoms with E-state index in [1.165, 1.54) is 0 Å². The smallest absolute Gasteiger partial charge is 0.262 e. The van der Waals surface area contributed by atoms with Crippen LogP contribution in [-0.4, -0.2) is 12.5 Å². The Morgan fingerprint density at radius 3 is 2.57 bits per heavy atom. The van der Waals surface area contributed by atoms with Gasteiger partial charge in [-0.25, -0.2) is 0 Å². The molecule has 3 nitrogen and oxygen atoms in total. The molecule has 0 saturated heterocycles. The fourth-order valence-electron chi connectivity index (χ4n) is 2.21. The summed E-state index contributed by atoms with van der Waals surface area (Å²) in [5.41, 5.74) is 4.73. The molecule has 0 aliphatic heterocycles. The highest BCUT2D eigenvalue weighted by Gasteiger charge is 2.13. The van der Waals surface area contributed by atoms with Crippen molar-refractivity contribution < 1.29 is 9.53 Å². The van der Waals surface area contributed by atoms with E-state index >= 15 is 0 Å². The third-order valence-corrected chi connectivity index (χ3v) is 5.16. The number of amides is 1. The van der Waals surface area contributed by atoms with E-state index < -0.39 is 0 Å². The summed E-state index contributed by atoms with van der Waals surface area (Å²) < 4.78 is 6.41. The number of hydrogen-bond acceptors (Lipinski definition) is 2. The molecule has 0 unspecified atom stereocenters. The molecule has 23 heavy (non-hydrogen) atoms. The number of carbonyl (C=O) groups excluding carboxylic acids is 1. The minimum atomic E-state index is -0.198. The molecular formula is C18H19BrClNO2. The zero-order valence-electron chi connectivity index (χ0n) is 13.6. The van der Waals surface area contributed by atoms with Crippen LogP contribution in [0.1, 0.15) is 22.3 Å². The summed E-state index contributed by atoms with van der Waals surface area (Å²) in [7, 11) is 0. The quantitative estimate of drug-likeness (QED) is 0.756. The van der Waals surface area contributed by atoms with E-state index in [2.05, 4.69) is 21.2 Å². The Hall–Kier alpha value is -1.52. The zero-order valence-corrected chi connectivity index (χ0v) is 15.9. The topological polar surface area (TPSA) is 38.3 Å². The van der Waals surface area contributed by atoms with Gasteiger partial charge in [0.15, 0.2) is 6.61 Å². The Bertz CT molecular complexity index is 759. The monoisotopic (exact) mass is 395 g/mol. The molecule has 2 aromatic rings. The Kier molecular flexibility index (Phi) is 5.71. The Labute approximate surface area is 150 Å². The van der Waals surface area contributed by atoms with Crippen LogP contribution in [0.15, 0.2) is 28.7 Å². The van der Waals surface area contributed by atoms with Crippen molar-refractivity contribution >= 4 is 39.1 Å². The number of aryl methyl sites for hydroxylation is 3. The van der Waals surface area contributed by atoms with Crippen molar-refractivity contribution in [3.63, 3.8) is 0 Å². The van der Waals surface area contributed by atoms with Gasteiger partial charge in [-0.15, -0.1) is 0 Å². The number of halogens is 2. The number of hydrogen-bond donors (Lipinski definition) is 1. The Balaban J connectivity index is 2.07. The van der Waals surface area contributed by atoms with Crippen LogP contribution in [0.2, 0.25) is 5.02 Å². The second kappa shape index (κ2) is 7.37. The predicted molar refractivity (Wildman–Crippen MR) is 98.7 cm³/mol. The van der Waals surface area contributed by atoms with E-state index in [0.29, 0.717) is 10.8 Å². The molecule has 0 aromatic heterocycles. The van der Waals surface area contributed by atoms with Gasteiger partial charge < -0.3 is 10.1 Å². The molecule has 0 radical (unpaired) electrons. The molecule has 0 aliphatic carbocycles. The molecule has 0 atom stereocenters. The van der Waals surface area contributed by atoms with Crippen molar-refractivity contribution in [2.24, 2.45) is 0 Å². The lowest BCUT2D eigenvalue weighted by Crippen LogP contribution is -2.21. The van der Waals surface area contributed by atoms with Crippen molar-refractivity contribution in [1.29, 1.82) is 0 Å². The first-order chi connectivity index (χ1) is 10.8. The van der Waals surface area contributed by atoms with Gasteiger partial charge in [0.25, 0.3) is 5.91 Å². The Morgan fingerprint density at radius 2 is 1.87 bits per heavy atom. The molecule has 0 fully saturated rings. The first kappa shape index (κ1) is 17.8. The van der Waals surface area contributed by atoms with Gasteiger partial charge in [0.05, 0.1) is 4.47 Å². The van der Waals surface area contributed by atoms with Gasteiger partial charge in [-0.3, -0.25) is 4.79 Å². The maximum atomic E-state index is 12.1. The first-order valence-electron chi connectivity index (χ1n) is 7.24. The molecule has 0 bridgehead atoms. The van der Waals surface area contributed by atoms with Crippen LogP contribution in [0.3, 0.4) is 0 Å². The lowest BCUT2D eigenvalue weighted by Gasteiger charge is -2.14. The summed E-state index contributed by atoms with van der Waals surface area (Å²) in [5.74, 6) is 0.413. The van der Waals surface area contributed by atoms with Crippen molar-refractivity contribution in [3.05, 3.63) is 56.0 Å². The molecule has 0 saturated carbocycles. The average Bonchev–Trinajstić information content (AvgIpc) is 2.51. The van der Waals surface area contributed by atoms with Crippen LogP contribution in [0, 0.1) is 27.7 Å². The van der Waals surface area contributed by atoms with Crippen molar-refractivity contribution in [2.45, 2.75) is 27.7 Å². The summed E-state index contributed by atoms with van der Waals surface area (Å²) in [5, 5.41) is 3.57. The molecule has 122 valence electrons. The van der Waals surface area contributed by atoms with E-state index in [1.54, 1.807) is 0 Å². The van der Waals surface area contributed by atoms with E-state index in [1.807, 2.05) is 52.0 Å². The van der Waals surface area contributed by atoms with Gasteiger partial charge in [0, 0.05) is 10.7 Å². The van der Waals surface area contributed by atoms with Crippen LogP contribution < -0.4 is 10.1 Å². The molecular weight excluding hydrogens is 378 g/mol. The summed E-state index contributed by atoms with van der Waals surface area (Å²) in [6, 6.07) is 7.76. The van der Waals surface area contributed by atoms with Crippen molar-refractivity contribution in [1.82, 2.24) is 0 Å². The van der Waals surface area contributed by atoms with Gasteiger partial charge in [-0.1, -0.05) is 23.7 Å². The Morgan fingerprint density at radius 1 is 1.17 bits per heavy atom. The van der Waals surface area contributed by atoms with E-state index in [-0.39, 0.29) is 12.5 Å². The van der Waals surface area contributed by atoms with Crippen molar-refractivity contribution in [2.75, 3.05) is 11.9 Å². The number of nitrogens with one attached hydrogen (secondary N) is 1. The fourth-order valence-corrected chi connectivity index (χ4v) is 2.90. The molecule has 2 rings (SSSR count). The number of benzene rings is 2. The molecule has 0 aliphatic rings. The van der Waals surface area contributed by atoms with Crippen LogP contribution in [0.5, 0.6) is 5.75 Å². The normalized spacial score (nSPS) is 10.5. The minimum Gasteiger partial charge on any atom is -0.483 e. The number of rotatable bonds is 4. The minimum absolute atomic E-state index is 0.0630. The van der Waals surface area contributed by atoms with Gasteiger partial charge in [-0.05, 0) is 78.0 Å². The molecule has 5 heteroatoms. The summed E-state index contributed by atoms with van der Waals surface area (Å²) in [6.45, 7) is 7.69.